The van der Waals surface area contributed by atoms with E-state index in [9.17, 15) is 0 Å². The van der Waals surface area contributed by atoms with Gasteiger partial charge in [-0.15, -0.1) is 0 Å². The van der Waals surface area contributed by atoms with Crippen molar-refractivity contribution in [2.45, 2.75) is 16.6 Å². The zero-order valence-electron chi connectivity index (χ0n) is 14.5. The summed E-state index contributed by atoms with van der Waals surface area (Å²) in [5.41, 5.74) is 0.618. The Morgan fingerprint density at radius 2 is 1.67 bits per heavy atom. The second-order valence-corrected chi connectivity index (χ2v) is 9.74. The van der Waals surface area contributed by atoms with Gasteiger partial charge in [-0.1, -0.05) is 58.0 Å². The summed E-state index contributed by atoms with van der Waals surface area (Å²) in [6, 6.07) is 5.03. The third kappa shape index (κ3) is 5.96. The molecule has 0 aliphatic carbocycles. The van der Waals surface area contributed by atoms with Gasteiger partial charge in [0.2, 0.25) is 9.74 Å². The smallest absolute Gasteiger partial charge is 0.250 e. The van der Waals surface area contributed by atoms with Crippen molar-refractivity contribution in [2.75, 3.05) is 32.0 Å². The van der Waals surface area contributed by atoms with Crippen LogP contribution in [-0.2, 0) is 3.79 Å². The minimum absolute atomic E-state index is 0.0412. The SMILES string of the molecule is CN1CCC(CNc2nc(-c3cc(Cl)cc(Cl)c3)nc(C(Cl)(Cl)Cl)n2)CC1. The van der Waals surface area contributed by atoms with E-state index in [1.807, 2.05) is 0 Å². The Morgan fingerprint density at radius 3 is 2.26 bits per heavy atom. The average molecular weight is 470 g/mol. The first kappa shape index (κ1) is 21.2. The van der Waals surface area contributed by atoms with Gasteiger partial charge in [0.25, 0.3) is 0 Å². The predicted molar refractivity (Wildman–Crippen MR) is 113 cm³/mol. The van der Waals surface area contributed by atoms with E-state index in [1.54, 1.807) is 18.2 Å². The zero-order chi connectivity index (χ0) is 19.6. The van der Waals surface area contributed by atoms with E-state index in [-0.39, 0.29) is 5.82 Å². The lowest BCUT2D eigenvalue weighted by Crippen LogP contribution is -2.33. The van der Waals surface area contributed by atoms with Crippen molar-refractivity contribution >= 4 is 64.0 Å². The second kappa shape index (κ2) is 8.85. The van der Waals surface area contributed by atoms with E-state index in [0.29, 0.717) is 33.3 Å². The maximum absolute atomic E-state index is 6.09. The monoisotopic (exact) mass is 467 g/mol. The number of piperidine rings is 1. The number of hydrogen-bond acceptors (Lipinski definition) is 5. The highest BCUT2D eigenvalue weighted by Gasteiger charge is 2.29. The van der Waals surface area contributed by atoms with Crippen LogP contribution in [0.15, 0.2) is 18.2 Å². The molecule has 0 radical (unpaired) electrons. The molecule has 1 aliphatic rings. The average Bonchev–Trinajstić information content (AvgIpc) is 2.59. The number of alkyl halides is 3. The fraction of sp³-hybridized carbons (Fsp3) is 0.471. The molecule has 10 heteroatoms. The number of rotatable bonds is 4. The molecule has 1 saturated heterocycles. The minimum atomic E-state index is -1.77. The van der Waals surface area contributed by atoms with Crippen molar-refractivity contribution in [1.82, 2.24) is 19.9 Å². The molecule has 0 atom stereocenters. The number of hydrogen-bond donors (Lipinski definition) is 1. The van der Waals surface area contributed by atoms with Crippen LogP contribution < -0.4 is 5.32 Å². The van der Waals surface area contributed by atoms with Crippen LogP contribution >= 0.6 is 58.0 Å². The molecule has 2 heterocycles. The van der Waals surface area contributed by atoms with Crippen molar-refractivity contribution in [3.8, 4) is 11.4 Å². The molecule has 2 aromatic rings. The molecule has 0 spiro atoms. The molecule has 0 unspecified atom stereocenters. The largest absolute Gasteiger partial charge is 0.354 e. The van der Waals surface area contributed by atoms with Crippen molar-refractivity contribution in [1.29, 1.82) is 0 Å². The zero-order valence-corrected chi connectivity index (χ0v) is 18.3. The van der Waals surface area contributed by atoms with Crippen LogP contribution in [0.25, 0.3) is 11.4 Å². The van der Waals surface area contributed by atoms with E-state index < -0.39 is 3.79 Å². The summed E-state index contributed by atoms with van der Waals surface area (Å²) >= 11 is 30.2. The topological polar surface area (TPSA) is 53.9 Å². The Hall–Kier alpha value is -0.560. The lowest BCUT2D eigenvalue weighted by atomic mass is 9.97. The third-order valence-corrected chi connectivity index (χ3v) is 5.34. The molecule has 146 valence electrons. The van der Waals surface area contributed by atoms with E-state index in [4.69, 9.17) is 58.0 Å². The highest BCUT2D eigenvalue weighted by Crippen LogP contribution is 2.37. The maximum Gasteiger partial charge on any atom is 0.250 e. The summed E-state index contributed by atoms with van der Waals surface area (Å²) in [5, 5.41) is 4.19. The van der Waals surface area contributed by atoms with E-state index in [0.717, 1.165) is 32.5 Å². The summed E-state index contributed by atoms with van der Waals surface area (Å²) in [7, 11) is 2.13. The molecule has 1 aliphatic heterocycles. The molecule has 1 aromatic carbocycles. The molecule has 1 aromatic heterocycles. The molecule has 3 rings (SSSR count). The number of anilines is 1. The van der Waals surface area contributed by atoms with Gasteiger partial charge in [-0.2, -0.15) is 9.97 Å². The van der Waals surface area contributed by atoms with Crippen molar-refractivity contribution in [3.05, 3.63) is 34.1 Å². The van der Waals surface area contributed by atoms with Gasteiger partial charge in [0.05, 0.1) is 0 Å². The van der Waals surface area contributed by atoms with Gasteiger partial charge in [-0.3, -0.25) is 0 Å². The second-order valence-electron chi connectivity index (χ2n) is 6.59. The number of aromatic nitrogens is 3. The number of halogens is 5. The summed E-state index contributed by atoms with van der Waals surface area (Å²) in [6.45, 7) is 2.90. The van der Waals surface area contributed by atoms with Gasteiger partial charge in [0, 0.05) is 22.2 Å². The Labute approximate surface area is 183 Å². The van der Waals surface area contributed by atoms with Gasteiger partial charge in [0.1, 0.15) is 0 Å². The van der Waals surface area contributed by atoms with Crippen molar-refractivity contribution < 1.29 is 0 Å². The lowest BCUT2D eigenvalue weighted by Gasteiger charge is -2.29. The predicted octanol–water partition coefficient (Wildman–Crippen LogP) is 5.43. The van der Waals surface area contributed by atoms with Crippen LogP contribution in [0.3, 0.4) is 0 Å². The molecular weight excluding hydrogens is 451 g/mol. The number of benzene rings is 1. The normalized spacial score (nSPS) is 16.5. The first-order valence-corrected chi connectivity index (χ1v) is 10.3. The summed E-state index contributed by atoms with van der Waals surface area (Å²) < 4.78 is -1.77. The molecule has 0 saturated carbocycles. The van der Waals surface area contributed by atoms with Crippen LogP contribution in [0.2, 0.25) is 10.0 Å². The fourth-order valence-electron chi connectivity index (χ4n) is 2.90. The number of likely N-dealkylation sites (tertiary alicyclic amines) is 1. The maximum atomic E-state index is 6.09. The highest BCUT2D eigenvalue weighted by atomic mass is 35.6. The molecule has 1 fully saturated rings. The standard InChI is InChI=1S/C17H18Cl5N5/c1-27-4-2-10(3-5-27)9-23-16-25-14(24-15(26-16)17(20,21)22)11-6-12(18)8-13(19)7-11/h6-8,10H,2-5,9H2,1H3,(H,23,24,25,26). The summed E-state index contributed by atoms with van der Waals surface area (Å²) in [4.78, 5) is 15.3. The Kier molecular flexibility index (Phi) is 6.93. The fourth-order valence-corrected chi connectivity index (χ4v) is 3.68. The minimum Gasteiger partial charge on any atom is -0.354 e. The van der Waals surface area contributed by atoms with Crippen LogP contribution in [0.1, 0.15) is 18.7 Å². The van der Waals surface area contributed by atoms with Gasteiger partial charge in [-0.25, -0.2) is 4.98 Å². The van der Waals surface area contributed by atoms with Crippen molar-refractivity contribution in [2.24, 2.45) is 5.92 Å². The Bertz CT molecular complexity index is 783. The van der Waals surface area contributed by atoms with Gasteiger partial charge >= 0.3 is 0 Å². The molecule has 27 heavy (non-hydrogen) atoms. The van der Waals surface area contributed by atoms with Crippen LogP contribution in [-0.4, -0.2) is 46.5 Å². The summed E-state index contributed by atoms with van der Waals surface area (Å²) in [6.07, 6.45) is 2.23. The molecule has 0 amide bonds. The van der Waals surface area contributed by atoms with E-state index in [1.165, 1.54) is 0 Å². The van der Waals surface area contributed by atoms with Crippen LogP contribution in [0.5, 0.6) is 0 Å². The van der Waals surface area contributed by atoms with E-state index in [2.05, 4.69) is 32.2 Å². The molecule has 0 bridgehead atoms. The molecular formula is C17H18Cl5N5. The first-order chi connectivity index (χ1) is 12.7. The van der Waals surface area contributed by atoms with Crippen LogP contribution in [0, 0.1) is 5.92 Å². The molecule has 1 N–H and O–H groups in total. The van der Waals surface area contributed by atoms with Crippen molar-refractivity contribution in [3.63, 3.8) is 0 Å². The quantitative estimate of drug-likeness (QED) is 0.606. The van der Waals surface area contributed by atoms with Gasteiger partial charge in [0.15, 0.2) is 11.6 Å². The number of nitrogens with one attached hydrogen (secondary N) is 1. The summed E-state index contributed by atoms with van der Waals surface area (Å²) in [5.74, 6) is 1.27. The highest BCUT2D eigenvalue weighted by molar-refractivity contribution is 6.66. The van der Waals surface area contributed by atoms with E-state index >= 15 is 0 Å². The lowest BCUT2D eigenvalue weighted by molar-refractivity contribution is 0.226. The Balaban J connectivity index is 1.87. The third-order valence-electron chi connectivity index (χ3n) is 4.40. The first-order valence-electron chi connectivity index (χ1n) is 8.43. The Morgan fingerprint density at radius 1 is 1.04 bits per heavy atom. The van der Waals surface area contributed by atoms with Gasteiger partial charge < -0.3 is 10.2 Å². The molecule has 5 nitrogen and oxygen atoms in total. The van der Waals surface area contributed by atoms with Crippen LogP contribution in [0.4, 0.5) is 5.95 Å². The number of nitrogens with zero attached hydrogens (tertiary/aromatic N) is 4. The van der Waals surface area contributed by atoms with Gasteiger partial charge in [-0.05, 0) is 57.1 Å².